The molecule has 2 heterocycles. The molecule has 0 bridgehead atoms. The van der Waals surface area contributed by atoms with Gasteiger partial charge in [-0.2, -0.15) is 13.2 Å². The van der Waals surface area contributed by atoms with Crippen molar-refractivity contribution < 1.29 is 27.8 Å². The molecular weight excluding hydrogens is 341 g/mol. The molecule has 1 aliphatic heterocycles. The van der Waals surface area contributed by atoms with Gasteiger partial charge in [-0.1, -0.05) is 6.07 Å². The molecule has 0 spiro atoms. The SMILES string of the molecule is CCOC(=O)[C@@H]1[C@H](c2cccs2)NC(=S)N[C@]1(O)C(F)(F)F. The summed E-state index contributed by atoms with van der Waals surface area (Å²) in [5, 5.41) is 15.8. The van der Waals surface area contributed by atoms with Gasteiger partial charge in [0.2, 0.25) is 0 Å². The molecule has 0 amide bonds. The second kappa shape index (κ2) is 6.01. The molecule has 0 unspecified atom stereocenters. The van der Waals surface area contributed by atoms with E-state index in [1.807, 2.05) is 0 Å². The number of halogens is 3. The topological polar surface area (TPSA) is 70.6 Å². The lowest BCUT2D eigenvalue weighted by molar-refractivity contribution is -0.292. The summed E-state index contributed by atoms with van der Waals surface area (Å²) in [5.74, 6) is -3.10. The van der Waals surface area contributed by atoms with Crippen LogP contribution in [-0.4, -0.2) is 34.7 Å². The minimum Gasteiger partial charge on any atom is -0.466 e. The lowest BCUT2D eigenvalue weighted by Gasteiger charge is -2.45. The first-order chi connectivity index (χ1) is 10.2. The highest BCUT2D eigenvalue weighted by molar-refractivity contribution is 7.80. The zero-order valence-electron chi connectivity index (χ0n) is 11.3. The number of carbonyl (C=O) groups excluding carboxylic acids is 1. The van der Waals surface area contributed by atoms with Gasteiger partial charge in [0.05, 0.1) is 12.6 Å². The van der Waals surface area contributed by atoms with E-state index in [-0.39, 0.29) is 6.61 Å². The fraction of sp³-hybridized carbons (Fsp3) is 0.500. The van der Waals surface area contributed by atoms with Gasteiger partial charge in [0.15, 0.2) is 5.11 Å². The first-order valence-corrected chi connectivity index (χ1v) is 7.57. The number of thiocarbonyl (C=S) groups is 1. The number of hydrogen-bond donors (Lipinski definition) is 3. The predicted molar refractivity (Wildman–Crippen MR) is 77.1 cm³/mol. The number of alkyl halides is 3. The van der Waals surface area contributed by atoms with E-state index < -0.39 is 34.9 Å². The first-order valence-electron chi connectivity index (χ1n) is 6.28. The maximum Gasteiger partial charge on any atom is 0.437 e. The predicted octanol–water partition coefficient (Wildman–Crippen LogP) is 1.70. The van der Waals surface area contributed by atoms with Crippen molar-refractivity contribution in [2.45, 2.75) is 24.9 Å². The van der Waals surface area contributed by atoms with E-state index >= 15 is 0 Å². The second-order valence-electron chi connectivity index (χ2n) is 4.59. The number of hydrogen-bond acceptors (Lipinski definition) is 5. The van der Waals surface area contributed by atoms with E-state index in [0.717, 1.165) is 11.3 Å². The molecule has 0 aliphatic carbocycles. The van der Waals surface area contributed by atoms with Crippen LogP contribution in [0.3, 0.4) is 0 Å². The number of rotatable bonds is 3. The Hall–Kier alpha value is -1.39. The van der Waals surface area contributed by atoms with E-state index in [1.54, 1.807) is 22.8 Å². The van der Waals surface area contributed by atoms with Gasteiger partial charge in [-0.15, -0.1) is 11.3 Å². The Morgan fingerprint density at radius 2 is 2.27 bits per heavy atom. The maximum absolute atomic E-state index is 13.4. The van der Waals surface area contributed by atoms with E-state index in [2.05, 4.69) is 5.32 Å². The van der Waals surface area contributed by atoms with Gasteiger partial charge < -0.3 is 20.5 Å². The lowest BCUT2D eigenvalue weighted by Crippen LogP contribution is -2.72. The average molecular weight is 354 g/mol. The van der Waals surface area contributed by atoms with Gasteiger partial charge >= 0.3 is 12.1 Å². The summed E-state index contributed by atoms with van der Waals surface area (Å²) in [7, 11) is 0. The number of thiophene rings is 1. The summed E-state index contributed by atoms with van der Waals surface area (Å²) in [6.07, 6.45) is -5.12. The summed E-state index contributed by atoms with van der Waals surface area (Å²) in [6.45, 7) is 1.36. The third-order valence-corrected chi connectivity index (χ3v) is 4.37. The standard InChI is InChI=1S/C12H13F3N2O3S2/c1-2-20-9(18)7-8(6-4-3-5-22-6)16-10(21)17-11(7,19)12(13,14)15/h3-5,7-8,19H,2H2,1H3,(H2,16,17,21)/t7-,8-,11+/m0/s1. The van der Waals surface area contributed by atoms with Crippen LogP contribution in [0.1, 0.15) is 17.8 Å². The molecule has 1 aromatic rings. The van der Waals surface area contributed by atoms with Crippen LogP contribution >= 0.6 is 23.6 Å². The highest BCUT2D eigenvalue weighted by Gasteiger charge is 2.66. The lowest BCUT2D eigenvalue weighted by atomic mass is 9.85. The second-order valence-corrected chi connectivity index (χ2v) is 5.97. The maximum atomic E-state index is 13.4. The van der Waals surface area contributed by atoms with Crippen molar-refractivity contribution >= 4 is 34.6 Å². The molecule has 2 rings (SSSR count). The zero-order valence-corrected chi connectivity index (χ0v) is 12.9. The molecule has 0 aromatic carbocycles. The Morgan fingerprint density at radius 3 is 2.77 bits per heavy atom. The minimum absolute atomic E-state index is 0.106. The third kappa shape index (κ3) is 2.90. The molecule has 5 nitrogen and oxygen atoms in total. The summed E-state index contributed by atoms with van der Waals surface area (Å²) in [6, 6.07) is 2.04. The van der Waals surface area contributed by atoms with Crippen molar-refractivity contribution in [3.8, 4) is 0 Å². The van der Waals surface area contributed by atoms with Gasteiger partial charge in [-0.05, 0) is 30.6 Å². The van der Waals surface area contributed by atoms with Crippen molar-refractivity contribution in [2.24, 2.45) is 5.92 Å². The van der Waals surface area contributed by atoms with Crippen molar-refractivity contribution in [3.63, 3.8) is 0 Å². The van der Waals surface area contributed by atoms with Crippen LogP contribution in [-0.2, 0) is 9.53 Å². The number of carbonyl (C=O) groups is 1. The van der Waals surface area contributed by atoms with Crippen molar-refractivity contribution in [3.05, 3.63) is 22.4 Å². The molecule has 1 saturated heterocycles. The summed E-state index contributed by atoms with van der Waals surface area (Å²) >= 11 is 5.89. The number of esters is 1. The largest absolute Gasteiger partial charge is 0.466 e. The molecule has 3 N–H and O–H groups in total. The van der Waals surface area contributed by atoms with E-state index in [9.17, 15) is 23.1 Å². The molecular formula is C12H13F3N2O3S2. The number of aliphatic hydroxyl groups is 1. The fourth-order valence-electron chi connectivity index (χ4n) is 2.24. The van der Waals surface area contributed by atoms with Crippen LogP contribution < -0.4 is 10.6 Å². The first kappa shape index (κ1) is 17.0. The smallest absolute Gasteiger partial charge is 0.437 e. The van der Waals surface area contributed by atoms with Crippen molar-refractivity contribution in [2.75, 3.05) is 6.61 Å². The molecule has 122 valence electrons. The van der Waals surface area contributed by atoms with Crippen molar-refractivity contribution in [1.82, 2.24) is 10.6 Å². The fourth-order valence-corrected chi connectivity index (χ4v) is 3.34. The van der Waals surface area contributed by atoms with E-state index in [0.29, 0.717) is 4.88 Å². The normalized spacial score (nSPS) is 28.7. The van der Waals surface area contributed by atoms with Crippen LogP contribution in [0.25, 0.3) is 0 Å². The number of nitrogens with one attached hydrogen (secondary N) is 2. The molecule has 22 heavy (non-hydrogen) atoms. The molecule has 0 saturated carbocycles. The Bertz CT molecular complexity index is 564. The molecule has 1 aromatic heterocycles. The molecule has 0 radical (unpaired) electrons. The van der Waals surface area contributed by atoms with Gasteiger partial charge in [-0.25, -0.2) is 0 Å². The van der Waals surface area contributed by atoms with Gasteiger partial charge in [-0.3, -0.25) is 4.79 Å². The minimum atomic E-state index is -5.12. The van der Waals surface area contributed by atoms with Crippen LogP contribution in [0.2, 0.25) is 0 Å². The summed E-state index contributed by atoms with van der Waals surface area (Å²) in [4.78, 5) is 12.5. The van der Waals surface area contributed by atoms with Crippen LogP contribution in [0.5, 0.6) is 0 Å². The molecule has 1 fully saturated rings. The Balaban J connectivity index is 2.51. The third-order valence-electron chi connectivity index (χ3n) is 3.20. The highest BCUT2D eigenvalue weighted by atomic mass is 32.1. The van der Waals surface area contributed by atoms with E-state index in [1.165, 1.54) is 6.92 Å². The van der Waals surface area contributed by atoms with Crippen LogP contribution in [0.15, 0.2) is 17.5 Å². The monoisotopic (exact) mass is 354 g/mol. The van der Waals surface area contributed by atoms with Crippen LogP contribution in [0, 0.1) is 5.92 Å². The highest BCUT2D eigenvalue weighted by Crippen LogP contribution is 2.43. The van der Waals surface area contributed by atoms with E-state index in [4.69, 9.17) is 17.0 Å². The summed E-state index contributed by atoms with van der Waals surface area (Å²) in [5.41, 5.74) is -3.50. The van der Waals surface area contributed by atoms with Gasteiger partial charge in [0, 0.05) is 4.88 Å². The average Bonchev–Trinajstić information content (AvgIpc) is 2.90. The molecule has 1 aliphatic rings. The van der Waals surface area contributed by atoms with Gasteiger partial charge in [0.1, 0.15) is 5.92 Å². The molecule has 10 heteroatoms. The quantitative estimate of drug-likeness (QED) is 0.567. The van der Waals surface area contributed by atoms with Gasteiger partial charge in [0.25, 0.3) is 5.72 Å². The number of ether oxygens (including phenoxy) is 1. The Kier molecular flexibility index (Phi) is 4.64. The van der Waals surface area contributed by atoms with Crippen LogP contribution in [0.4, 0.5) is 13.2 Å². The summed E-state index contributed by atoms with van der Waals surface area (Å²) < 4.78 is 44.8. The Morgan fingerprint density at radius 1 is 1.59 bits per heavy atom. The Labute approximate surface area is 133 Å². The zero-order chi connectivity index (χ0) is 16.5. The van der Waals surface area contributed by atoms with Crippen molar-refractivity contribution in [1.29, 1.82) is 0 Å². The molecule has 3 atom stereocenters.